The summed E-state index contributed by atoms with van der Waals surface area (Å²) in [5.74, 6) is 1.19. The first-order valence-corrected chi connectivity index (χ1v) is 8.79. The smallest absolute Gasteiger partial charge is 0.314 e. The van der Waals surface area contributed by atoms with Gasteiger partial charge in [-0.3, -0.25) is 4.79 Å². The van der Waals surface area contributed by atoms with Crippen LogP contribution >= 0.6 is 0 Å². The quantitative estimate of drug-likeness (QED) is 0.872. The zero-order chi connectivity index (χ0) is 17.8. The molecule has 1 fully saturated rings. The summed E-state index contributed by atoms with van der Waals surface area (Å²) in [5.41, 5.74) is 6.29. The summed E-state index contributed by atoms with van der Waals surface area (Å²) in [6, 6.07) is 5.12. The van der Waals surface area contributed by atoms with E-state index in [0.717, 1.165) is 30.6 Å². The second kappa shape index (κ2) is 7.63. The molecule has 0 radical (unpaired) electrons. The minimum atomic E-state index is -0.464. The van der Waals surface area contributed by atoms with E-state index in [1.54, 1.807) is 0 Å². The highest BCUT2D eigenvalue weighted by Crippen LogP contribution is 2.32. The minimum absolute atomic E-state index is 0.0504. The molecule has 136 valence electrons. The largest absolute Gasteiger partial charge is 0.490 e. The third-order valence-corrected chi connectivity index (χ3v) is 4.73. The van der Waals surface area contributed by atoms with Crippen molar-refractivity contribution in [2.45, 2.75) is 32.2 Å². The number of nitrogens with two attached hydrogens (primary N) is 1. The third-order valence-electron chi connectivity index (χ3n) is 4.73. The maximum Gasteiger partial charge on any atom is 0.314 e. The second-order valence-corrected chi connectivity index (χ2v) is 6.61. The lowest BCUT2D eigenvalue weighted by atomic mass is 9.96. The van der Waals surface area contributed by atoms with Gasteiger partial charge in [0.2, 0.25) is 5.91 Å². The zero-order valence-corrected chi connectivity index (χ0v) is 14.5. The van der Waals surface area contributed by atoms with Gasteiger partial charge in [0.15, 0.2) is 11.5 Å². The van der Waals surface area contributed by atoms with Crippen molar-refractivity contribution in [3.05, 3.63) is 23.8 Å². The zero-order valence-electron chi connectivity index (χ0n) is 14.5. The van der Waals surface area contributed by atoms with E-state index in [1.807, 2.05) is 25.1 Å². The fourth-order valence-electron chi connectivity index (χ4n) is 3.26. The van der Waals surface area contributed by atoms with Crippen molar-refractivity contribution in [2.24, 2.45) is 11.7 Å². The van der Waals surface area contributed by atoms with Crippen LogP contribution in [0.4, 0.5) is 4.79 Å². The molecular weight excluding hydrogens is 322 g/mol. The van der Waals surface area contributed by atoms with Gasteiger partial charge in [-0.15, -0.1) is 0 Å². The van der Waals surface area contributed by atoms with Crippen LogP contribution in [0.2, 0.25) is 0 Å². The van der Waals surface area contributed by atoms with Crippen LogP contribution in [0.3, 0.4) is 0 Å². The molecular formula is C18H25N3O4. The van der Waals surface area contributed by atoms with Gasteiger partial charge in [0.25, 0.3) is 0 Å². The fourth-order valence-corrected chi connectivity index (χ4v) is 3.26. The standard InChI is InChI=1S/C18H25N3O4/c1-12(13-5-6-15-16(10-13)25-9-3-8-24-15)20-17(22)14-4-2-7-21(11-14)18(19)23/h5-6,10,12,14H,2-4,7-9,11H2,1H3,(H2,19,23)(H,20,22)/t12-,14+/m1/s1. The Morgan fingerprint density at radius 3 is 2.76 bits per heavy atom. The Morgan fingerprint density at radius 1 is 1.24 bits per heavy atom. The van der Waals surface area contributed by atoms with Gasteiger partial charge in [-0.05, 0) is 37.5 Å². The van der Waals surface area contributed by atoms with Gasteiger partial charge < -0.3 is 25.4 Å². The molecule has 3 rings (SSSR count). The summed E-state index contributed by atoms with van der Waals surface area (Å²) in [7, 11) is 0. The lowest BCUT2D eigenvalue weighted by Gasteiger charge is -2.31. The summed E-state index contributed by atoms with van der Waals surface area (Å²) >= 11 is 0. The average Bonchev–Trinajstić information content (AvgIpc) is 2.86. The van der Waals surface area contributed by atoms with Gasteiger partial charge in [-0.1, -0.05) is 6.07 Å². The van der Waals surface area contributed by atoms with E-state index >= 15 is 0 Å². The average molecular weight is 347 g/mol. The number of primary amides is 1. The van der Waals surface area contributed by atoms with Gasteiger partial charge in [0, 0.05) is 19.5 Å². The molecule has 0 saturated carbocycles. The number of ether oxygens (including phenoxy) is 2. The van der Waals surface area contributed by atoms with E-state index in [-0.39, 0.29) is 17.9 Å². The Labute approximate surface area is 147 Å². The number of hydrogen-bond donors (Lipinski definition) is 2. The summed E-state index contributed by atoms with van der Waals surface area (Å²) in [6.45, 7) is 4.22. The minimum Gasteiger partial charge on any atom is -0.490 e. The number of amides is 3. The molecule has 0 aromatic heterocycles. The molecule has 2 atom stereocenters. The molecule has 2 aliphatic heterocycles. The summed E-state index contributed by atoms with van der Waals surface area (Å²) < 4.78 is 11.3. The van der Waals surface area contributed by atoms with Crippen LogP contribution in [0.1, 0.15) is 37.8 Å². The van der Waals surface area contributed by atoms with E-state index in [0.29, 0.717) is 32.1 Å². The monoisotopic (exact) mass is 347 g/mol. The summed E-state index contributed by atoms with van der Waals surface area (Å²) in [6.07, 6.45) is 2.41. The molecule has 7 nitrogen and oxygen atoms in total. The normalized spacial score (nSPS) is 21.2. The third kappa shape index (κ3) is 4.15. The predicted octanol–water partition coefficient (Wildman–Crippen LogP) is 1.82. The molecule has 25 heavy (non-hydrogen) atoms. The second-order valence-electron chi connectivity index (χ2n) is 6.61. The predicted molar refractivity (Wildman–Crippen MR) is 92.5 cm³/mol. The molecule has 7 heteroatoms. The number of nitrogens with zero attached hydrogens (tertiary/aromatic N) is 1. The number of rotatable bonds is 3. The van der Waals surface area contributed by atoms with Crippen molar-refractivity contribution in [1.29, 1.82) is 0 Å². The Hall–Kier alpha value is -2.44. The maximum absolute atomic E-state index is 12.5. The molecule has 3 N–H and O–H groups in total. The van der Waals surface area contributed by atoms with Crippen molar-refractivity contribution in [3.8, 4) is 11.5 Å². The number of carbonyl (C=O) groups is 2. The van der Waals surface area contributed by atoms with E-state index in [4.69, 9.17) is 15.2 Å². The Balaban J connectivity index is 1.63. The molecule has 1 aromatic rings. The van der Waals surface area contributed by atoms with Crippen LogP contribution in [-0.2, 0) is 4.79 Å². The van der Waals surface area contributed by atoms with Crippen LogP contribution in [0.25, 0.3) is 0 Å². The molecule has 0 aliphatic carbocycles. The van der Waals surface area contributed by atoms with E-state index in [1.165, 1.54) is 4.90 Å². The van der Waals surface area contributed by atoms with Crippen LogP contribution in [-0.4, -0.2) is 43.1 Å². The van der Waals surface area contributed by atoms with Crippen LogP contribution in [0.5, 0.6) is 11.5 Å². The van der Waals surface area contributed by atoms with Crippen molar-refractivity contribution in [1.82, 2.24) is 10.2 Å². The van der Waals surface area contributed by atoms with E-state index in [2.05, 4.69) is 5.32 Å². The van der Waals surface area contributed by atoms with E-state index in [9.17, 15) is 9.59 Å². The Bertz CT molecular complexity index is 649. The van der Waals surface area contributed by atoms with Gasteiger partial charge in [0.1, 0.15) is 0 Å². The number of likely N-dealkylation sites (tertiary alicyclic amines) is 1. The van der Waals surface area contributed by atoms with Crippen molar-refractivity contribution >= 4 is 11.9 Å². The number of carbonyl (C=O) groups excluding carboxylic acids is 2. The molecule has 2 heterocycles. The summed E-state index contributed by atoms with van der Waals surface area (Å²) in [5, 5.41) is 3.03. The van der Waals surface area contributed by atoms with Crippen LogP contribution in [0, 0.1) is 5.92 Å². The lowest BCUT2D eigenvalue weighted by molar-refractivity contribution is -0.126. The highest BCUT2D eigenvalue weighted by molar-refractivity contribution is 5.80. The topological polar surface area (TPSA) is 93.9 Å². The van der Waals surface area contributed by atoms with Gasteiger partial charge in [0.05, 0.1) is 25.2 Å². The molecule has 1 saturated heterocycles. The first-order valence-electron chi connectivity index (χ1n) is 8.79. The Morgan fingerprint density at radius 2 is 2.00 bits per heavy atom. The molecule has 0 bridgehead atoms. The van der Waals surface area contributed by atoms with E-state index < -0.39 is 6.03 Å². The number of fused-ring (bicyclic) bond motifs is 1. The van der Waals surface area contributed by atoms with Crippen LogP contribution < -0.4 is 20.5 Å². The van der Waals surface area contributed by atoms with Crippen molar-refractivity contribution < 1.29 is 19.1 Å². The van der Waals surface area contributed by atoms with Gasteiger partial charge in [-0.25, -0.2) is 4.79 Å². The van der Waals surface area contributed by atoms with Gasteiger partial charge >= 0.3 is 6.03 Å². The van der Waals surface area contributed by atoms with Gasteiger partial charge in [-0.2, -0.15) is 0 Å². The number of benzene rings is 1. The fraction of sp³-hybridized carbons (Fsp3) is 0.556. The van der Waals surface area contributed by atoms with Crippen LogP contribution in [0.15, 0.2) is 18.2 Å². The highest BCUT2D eigenvalue weighted by Gasteiger charge is 2.28. The molecule has 3 amide bonds. The first kappa shape index (κ1) is 17.4. The number of urea groups is 1. The molecule has 0 spiro atoms. The number of hydrogen-bond acceptors (Lipinski definition) is 4. The molecule has 0 unspecified atom stereocenters. The first-order chi connectivity index (χ1) is 12.0. The Kier molecular flexibility index (Phi) is 5.31. The van der Waals surface area contributed by atoms with Crippen molar-refractivity contribution in [3.63, 3.8) is 0 Å². The van der Waals surface area contributed by atoms with Crippen molar-refractivity contribution in [2.75, 3.05) is 26.3 Å². The maximum atomic E-state index is 12.5. The number of piperidine rings is 1. The SMILES string of the molecule is C[C@@H](NC(=O)[C@H]1CCCN(C(N)=O)C1)c1ccc2c(c1)OCCCO2. The highest BCUT2D eigenvalue weighted by atomic mass is 16.5. The molecule has 2 aliphatic rings. The number of nitrogens with one attached hydrogen (secondary N) is 1. The molecule has 1 aromatic carbocycles. The summed E-state index contributed by atoms with van der Waals surface area (Å²) in [4.78, 5) is 25.4. The lowest BCUT2D eigenvalue weighted by Crippen LogP contribution is -2.47.